The first kappa shape index (κ1) is 11.4. The minimum Gasteiger partial charge on any atom is -0.289 e. The average molecular weight is 252 g/mol. The van der Waals surface area contributed by atoms with Gasteiger partial charge in [-0.25, -0.2) is 0 Å². The Morgan fingerprint density at radius 1 is 0.778 bits per heavy atom. The fourth-order valence-corrected chi connectivity index (χ4v) is 4.29. The zero-order valence-electron chi connectivity index (χ0n) is 10.9. The van der Waals surface area contributed by atoms with Gasteiger partial charge in [-0.1, -0.05) is 62.1 Å². The van der Waals surface area contributed by atoms with Crippen LogP contribution in [0.4, 0.5) is 0 Å². The number of rotatable bonds is 1. The number of hydrogen-bond acceptors (Lipinski definition) is 1. The lowest BCUT2D eigenvalue weighted by Gasteiger charge is -2.19. The normalized spacial score (nSPS) is 13.4. The molecule has 0 amide bonds. The molecular weight excluding hydrogens is 236 g/mol. The quantitative estimate of drug-likeness (QED) is 0.606. The number of carbonyl (C=O) groups excluding carboxylic acids is 1. The van der Waals surface area contributed by atoms with Crippen LogP contribution in [-0.4, -0.2) is 13.9 Å². The van der Waals surface area contributed by atoms with Crippen molar-refractivity contribution >= 4 is 19.0 Å². The maximum absolute atomic E-state index is 12.6. The Bertz CT molecular complexity index is 650. The maximum atomic E-state index is 12.6. The van der Waals surface area contributed by atoms with Gasteiger partial charge in [-0.05, 0) is 16.3 Å². The summed E-state index contributed by atoms with van der Waals surface area (Å²) in [4.78, 5) is 12.6. The zero-order valence-corrected chi connectivity index (χ0v) is 11.9. The Kier molecular flexibility index (Phi) is 2.32. The van der Waals surface area contributed by atoms with E-state index in [9.17, 15) is 4.79 Å². The maximum Gasteiger partial charge on any atom is 0.194 e. The number of benzene rings is 2. The third-order valence-corrected chi connectivity index (χ3v) is 5.59. The monoisotopic (exact) mass is 252 g/mol. The van der Waals surface area contributed by atoms with Crippen LogP contribution in [0.15, 0.2) is 42.5 Å². The minimum absolute atomic E-state index is 0.207. The van der Waals surface area contributed by atoms with E-state index in [1.807, 2.05) is 24.3 Å². The van der Waals surface area contributed by atoms with Crippen LogP contribution >= 0.6 is 0 Å². The molecule has 1 aliphatic carbocycles. The van der Waals surface area contributed by atoms with E-state index >= 15 is 0 Å². The topological polar surface area (TPSA) is 17.1 Å². The van der Waals surface area contributed by atoms with Gasteiger partial charge in [0.15, 0.2) is 5.78 Å². The second kappa shape index (κ2) is 3.66. The van der Waals surface area contributed by atoms with Crippen molar-refractivity contribution in [2.45, 2.75) is 19.6 Å². The molecule has 0 atom stereocenters. The van der Waals surface area contributed by atoms with Gasteiger partial charge in [-0.3, -0.25) is 4.79 Å². The smallest absolute Gasteiger partial charge is 0.194 e. The van der Waals surface area contributed by atoms with Crippen LogP contribution in [0.3, 0.4) is 0 Å². The summed E-state index contributed by atoms with van der Waals surface area (Å²) in [6.45, 7) is 6.87. The van der Waals surface area contributed by atoms with Gasteiger partial charge in [0.05, 0.1) is 8.07 Å². The Balaban J connectivity index is 2.35. The van der Waals surface area contributed by atoms with Gasteiger partial charge in [0.1, 0.15) is 0 Å². The Morgan fingerprint density at radius 2 is 1.39 bits per heavy atom. The fourth-order valence-electron chi connectivity index (χ4n) is 2.70. The van der Waals surface area contributed by atoms with E-state index in [0.717, 1.165) is 22.3 Å². The molecule has 1 nitrogen and oxygen atoms in total. The molecule has 90 valence electrons. The summed E-state index contributed by atoms with van der Waals surface area (Å²) in [6, 6.07) is 14.2. The Hall–Kier alpha value is -1.67. The number of carbonyl (C=O) groups is 1. The van der Waals surface area contributed by atoms with Crippen molar-refractivity contribution in [3.8, 4) is 11.1 Å². The van der Waals surface area contributed by atoms with Gasteiger partial charge in [0, 0.05) is 11.1 Å². The lowest BCUT2D eigenvalue weighted by atomic mass is 10.1. The van der Waals surface area contributed by atoms with Gasteiger partial charge in [0.2, 0.25) is 0 Å². The molecule has 0 radical (unpaired) electrons. The highest BCUT2D eigenvalue weighted by molar-refractivity contribution is 6.89. The van der Waals surface area contributed by atoms with Crippen molar-refractivity contribution in [1.82, 2.24) is 0 Å². The summed E-state index contributed by atoms with van der Waals surface area (Å²) < 4.78 is 0. The lowest BCUT2D eigenvalue weighted by molar-refractivity contribution is 0.104. The molecule has 18 heavy (non-hydrogen) atoms. The predicted octanol–water partition coefficient (Wildman–Crippen LogP) is 3.44. The molecule has 0 aliphatic heterocycles. The molecule has 0 bridgehead atoms. The van der Waals surface area contributed by atoms with Gasteiger partial charge in [-0.2, -0.15) is 0 Å². The van der Waals surface area contributed by atoms with E-state index in [-0.39, 0.29) is 5.78 Å². The molecule has 0 fully saturated rings. The average Bonchev–Trinajstić information content (AvgIpc) is 2.63. The van der Waals surface area contributed by atoms with Gasteiger partial charge < -0.3 is 0 Å². The molecular formula is C16H16OSi. The van der Waals surface area contributed by atoms with Crippen LogP contribution in [0, 0.1) is 0 Å². The van der Waals surface area contributed by atoms with Crippen LogP contribution in [0.2, 0.25) is 19.6 Å². The lowest BCUT2D eigenvalue weighted by Crippen LogP contribution is -2.41. The Labute approximate surface area is 108 Å². The summed E-state index contributed by atoms with van der Waals surface area (Å²) in [5.41, 5.74) is 4.03. The number of ketones is 1. The third kappa shape index (κ3) is 1.49. The number of fused-ring (bicyclic) bond motifs is 3. The van der Waals surface area contributed by atoms with E-state index in [1.165, 1.54) is 5.19 Å². The zero-order chi connectivity index (χ0) is 12.9. The molecule has 0 N–H and O–H groups in total. The highest BCUT2D eigenvalue weighted by Crippen LogP contribution is 2.35. The first-order valence-corrected chi connectivity index (χ1v) is 9.78. The second-order valence-corrected chi connectivity index (χ2v) is 10.9. The summed E-state index contributed by atoms with van der Waals surface area (Å²) in [7, 11) is -1.49. The van der Waals surface area contributed by atoms with E-state index in [2.05, 4.69) is 37.8 Å². The van der Waals surface area contributed by atoms with Crippen LogP contribution in [0.1, 0.15) is 15.9 Å². The highest BCUT2D eigenvalue weighted by Gasteiger charge is 2.32. The third-order valence-electron chi connectivity index (χ3n) is 3.56. The van der Waals surface area contributed by atoms with Crippen molar-refractivity contribution in [3.63, 3.8) is 0 Å². The predicted molar refractivity (Wildman–Crippen MR) is 78.3 cm³/mol. The van der Waals surface area contributed by atoms with Gasteiger partial charge in [0.25, 0.3) is 0 Å². The van der Waals surface area contributed by atoms with E-state index < -0.39 is 8.07 Å². The minimum atomic E-state index is -1.49. The molecule has 2 heteroatoms. The highest BCUT2D eigenvalue weighted by atomic mass is 28.3. The summed E-state index contributed by atoms with van der Waals surface area (Å²) in [6.07, 6.45) is 0. The molecule has 3 rings (SSSR count). The summed E-state index contributed by atoms with van der Waals surface area (Å²) >= 11 is 0. The second-order valence-electron chi connectivity index (χ2n) is 5.85. The molecule has 0 spiro atoms. The Morgan fingerprint density at radius 3 is 2.06 bits per heavy atom. The standard InChI is InChI=1S/C16H16OSi/c1-18(2,3)14-10-6-9-12-11-7-4-5-8-13(11)16(17)15(12)14/h4-10H,1-3H3. The molecule has 0 aromatic heterocycles. The number of hydrogen-bond donors (Lipinski definition) is 0. The molecule has 0 unspecified atom stereocenters. The van der Waals surface area contributed by atoms with Gasteiger partial charge >= 0.3 is 0 Å². The van der Waals surface area contributed by atoms with E-state index in [1.54, 1.807) is 0 Å². The van der Waals surface area contributed by atoms with Crippen molar-refractivity contribution in [2.24, 2.45) is 0 Å². The van der Waals surface area contributed by atoms with Crippen LogP contribution in [-0.2, 0) is 0 Å². The largest absolute Gasteiger partial charge is 0.289 e. The first-order valence-electron chi connectivity index (χ1n) is 6.28. The molecule has 1 aliphatic rings. The molecule has 0 heterocycles. The summed E-state index contributed by atoms with van der Waals surface area (Å²) in [5, 5.41) is 1.28. The molecule has 0 saturated carbocycles. The summed E-state index contributed by atoms with van der Waals surface area (Å²) in [5.74, 6) is 0.207. The van der Waals surface area contributed by atoms with Crippen molar-refractivity contribution in [1.29, 1.82) is 0 Å². The van der Waals surface area contributed by atoms with Crippen LogP contribution in [0.25, 0.3) is 11.1 Å². The van der Waals surface area contributed by atoms with E-state index in [4.69, 9.17) is 0 Å². The van der Waals surface area contributed by atoms with Crippen molar-refractivity contribution < 1.29 is 4.79 Å². The molecule has 2 aromatic carbocycles. The SMILES string of the molecule is C[Si](C)(C)c1cccc2c1C(=O)c1ccccc1-2. The first-order chi connectivity index (χ1) is 8.50. The van der Waals surface area contributed by atoms with Crippen molar-refractivity contribution in [3.05, 3.63) is 53.6 Å². The van der Waals surface area contributed by atoms with Crippen LogP contribution < -0.4 is 5.19 Å². The van der Waals surface area contributed by atoms with Crippen molar-refractivity contribution in [2.75, 3.05) is 0 Å². The van der Waals surface area contributed by atoms with Gasteiger partial charge in [-0.15, -0.1) is 0 Å². The van der Waals surface area contributed by atoms with Crippen LogP contribution in [0.5, 0.6) is 0 Å². The molecule has 2 aromatic rings. The van der Waals surface area contributed by atoms with E-state index in [0.29, 0.717) is 0 Å². The fraction of sp³-hybridized carbons (Fsp3) is 0.188. The molecule has 0 saturated heterocycles.